The number of rotatable bonds is 3. The molecule has 6 heteroatoms. The molecule has 2 heterocycles. The predicted molar refractivity (Wildman–Crippen MR) is 123 cm³/mol. The summed E-state index contributed by atoms with van der Waals surface area (Å²) in [6.07, 6.45) is 2.51. The second-order valence-electron chi connectivity index (χ2n) is 8.97. The van der Waals surface area contributed by atoms with Crippen molar-refractivity contribution in [2.75, 3.05) is 13.1 Å². The van der Waals surface area contributed by atoms with Crippen LogP contribution in [-0.2, 0) is 28.0 Å². The summed E-state index contributed by atoms with van der Waals surface area (Å²) in [5, 5.41) is -0.395. The van der Waals surface area contributed by atoms with Gasteiger partial charge in [-0.15, -0.1) is 0 Å². The number of nitrogens with zero attached hydrogens (tertiary/aromatic N) is 2. The van der Waals surface area contributed by atoms with E-state index in [4.69, 9.17) is 0 Å². The first-order chi connectivity index (χ1) is 14.7. The van der Waals surface area contributed by atoms with E-state index in [1.165, 1.54) is 11.1 Å². The topological polar surface area (TPSA) is 57.7 Å². The van der Waals surface area contributed by atoms with Crippen molar-refractivity contribution in [2.45, 2.75) is 39.2 Å². The molecule has 0 saturated carbocycles. The molecule has 4 rings (SSSR count). The first-order valence-electron chi connectivity index (χ1n) is 10.4. The van der Waals surface area contributed by atoms with Crippen molar-refractivity contribution in [1.29, 1.82) is 0 Å². The zero-order valence-corrected chi connectivity index (χ0v) is 18.9. The van der Waals surface area contributed by atoms with E-state index in [-0.39, 0.29) is 17.9 Å². The molecule has 0 atom stereocenters. The number of carbonyl (C=O) groups is 3. The van der Waals surface area contributed by atoms with Gasteiger partial charge in [0.2, 0.25) is 5.91 Å². The van der Waals surface area contributed by atoms with E-state index >= 15 is 0 Å². The number of hydrogen-bond donors (Lipinski definition) is 0. The minimum Gasteiger partial charge on any atom is -0.336 e. The molecule has 2 aromatic carbocycles. The molecule has 0 spiro atoms. The number of fused-ring (bicyclic) bond motifs is 1. The fourth-order valence-electron chi connectivity index (χ4n) is 3.81. The van der Waals surface area contributed by atoms with Gasteiger partial charge in [0.15, 0.2) is 0 Å². The Balaban J connectivity index is 1.44. The molecular formula is C25H26N2O3S. The predicted octanol–water partition coefficient (Wildman–Crippen LogP) is 4.61. The molecule has 0 radical (unpaired) electrons. The maximum atomic E-state index is 12.8. The van der Waals surface area contributed by atoms with Crippen molar-refractivity contribution in [3.63, 3.8) is 0 Å². The summed E-state index contributed by atoms with van der Waals surface area (Å²) in [7, 11) is 0. The summed E-state index contributed by atoms with van der Waals surface area (Å²) in [6.45, 7) is 7.33. The Hall–Kier alpha value is -2.86. The van der Waals surface area contributed by atoms with E-state index in [9.17, 15) is 14.4 Å². The molecule has 2 aliphatic heterocycles. The lowest BCUT2D eigenvalue weighted by Crippen LogP contribution is -2.44. The van der Waals surface area contributed by atoms with Crippen LogP contribution >= 0.6 is 11.8 Å². The first kappa shape index (κ1) is 21.4. The Kier molecular flexibility index (Phi) is 5.75. The van der Waals surface area contributed by atoms with Crippen LogP contribution in [0.1, 0.15) is 43.0 Å². The lowest BCUT2D eigenvalue weighted by Gasteiger charge is -2.29. The highest BCUT2D eigenvalue weighted by Crippen LogP contribution is 2.33. The van der Waals surface area contributed by atoms with E-state index in [0.717, 1.165) is 34.2 Å². The van der Waals surface area contributed by atoms with E-state index in [0.29, 0.717) is 18.0 Å². The summed E-state index contributed by atoms with van der Waals surface area (Å²) in [6, 6.07) is 16.0. The number of hydrogen-bond acceptors (Lipinski definition) is 4. The quantitative estimate of drug-likeness (QED) is 0.662. The van der Waals surface area contributed by atoms with Gasteiger partial charge in [0.1, 0.15) is 6.54 Å². The molecule has 31 heavy (non-hydrogen) atoms. The average Bonchev–Trinajstić information content (AvgIpc) is 3.00. The first-order valence-corrected chi connectivity index (χ1v) is 11.2. The van der Waals surface area contributed by atoms with Crippen LogP contribution in [0.15, 0.2) is 53.4 Å². The third-order valence-electron chi connectivity index (χ3n) is 5.72. The molecule has 3 amide bonds. The Bertz CT molecular complexity index is 1070. The third kappa shape index (κ3) is 4.59. The molecule has 0 bridgehead atoms. The molecule has 0 N–H and O–H groups in total. The summed E-state index contributed by atoms with van der Waals surface area (Å²) < 4.78 is 0. The summed E-state index contributed by atoms with van der Waals surface area (Å²) in [4.78, 5) is 41.2. The van der Waals surface area contributed by atoms with E-state index < -0.39 is 11.1 Å². The van der Waals surface area contributed by atoms with Crippen LogP contribution in [-0.4, -0.2) is 39.9 Å². The largest absolute Gasteiger partial charge is 0.336 e. The second kappa shape index (κ2) is 8.35. The van der Waals surface area contributed by atoms with Gasteiger partial charge in [-0.3, -0.25) is 19.3 Å². The number of imide groups is 1. The molecular weight excluding hydrogens is 408 g/mol. The van der Waals surface area contributed by atoms with Crippen LogP contribution in [0.25, 0.3) is 6.08 Å². The van der Waals surface area contributed by atoms with Crippen LogP contribution in [0.2, 0.25) is 0 Å². The summed E-state index contributed by atoms with van der Waals surface area (Å²) in [5.74, 6) is -0.603. The summed E-state index contributed by atoms with van der Waals surface area (Å²) in [5.41, 5.74) is 4.47. The van der Waals surface area contributed by atoms with Gasteiger partial charge in [-0.05, 0) is 51.9 Å². The minimum atomic E-state index is -0.402. The molecule has 0 aromatic heterocycles. The zero-order chi connectivity index (χ0) is 22.2. The number of amides is 3. The van der Waals surface area contributed by atoms with Crippen molar-refractivity contribution in [3.05, 3.63) is 75.7 Å². The highest BCUT2D eigenvalue weighted by molar-refractivity contribution is 8.18. The normalized spacial score (nSPS) is 18.0. The van der Waals surface area contributed by atoms with Gasteiger partial charge in [0, 0.05) is 13.1 Å². The van der Waals surface area contributed by atoms with Gasteiger partial charge in [0.05, 0.1) is 4.91 Å². The molecule has 160 valence electrons. The van der Waals surface area contributed by atoms with Crippen molar-refractivity contribution in [1.82, 2.24) is 9.80 Å². The SMILES string of the molecule is CC(C)(C)c1ccc(C=C2SC(=O)N(CC(=O)N3CCc4ccccc4C3)C2=O)cc1. The Morgan fingerprint density at radius 3 is 2.39 bits per heavy atom. The fourth-order valence-corrected chi connectivity index (χ4v) is 4.65. The van der Waals surface area contributed by atoms with Gasteiger partial charge < -0.3 is 4.90 Å². The van der Waals surface area contributed by atoms with Crippen molar-refractivity contribution in [2.24, 2.45) is 0 Å². The third-order valence-corrected chi connectivity index (χ3v) is 6.63. The minimum absolute atomic E-state index is 0.0473. The van der Waals surface area contributed by atoms with Crippen molar-refractivity contribution >= 4 is 34.9 Å². The Labute approximate surface area is 187 Å². The van der Waals surface area contributed by atoms with Crippen LogP contribution in [0.3, 0.4) is 0 Å². The number of carbonyl (C=O) groups excluding carboxylic acids is 3. The molecule has 0 unspecified atom stereocenters. The van der Waals surface area contributed by atoms with Crippen LogP contribution in [0.5, 0.6) is 0 Å². The molecule has 0 aliphatic carbocycles. The maximum Gasteiger partial charge on any atom is 0.294 e. The number of thioether (sulfide) groups is 1. The van der Waals surface area contributed by atoms with Gasteiger partial charge in [-0.25, -0.2) is 0 Å². The van der Waals surface area contributed by atoms with Crippen LogP contribution in [0.4, 0.5) is 4.79 Å². The highest BCUT2D eigenvalue weighted by Gasteiger charge is 2.37. The lowest BCUT2D eigenvalue weighted by atomic mass is 9.87. The van der Waals surface area contributed by atoms with Crippen molar-refractivity contribution in [3.8, 4) is 0 Å². The fraction of sp³-hybridized carbons (Fsp3) is 0.320. The average molecular weight is 435 g/mol. The maximum absolute atomic E-state index is 12.8. The number of benzene rings is 2. The smallest absolute Gasteiger partial charge is 0.294 e. The Morgan fingerprint density at radius 1 is 1.03 bits per heavy atom. The second-order valence-corrected chi connectivity index (χ2v) is 9.97. The Morgan fingerprint density at radius 2 is 1.71 bits per heavy atom. The summed E-state index contributed by atoms with van der Waals surface area (Å²) >= 11 is 0.891. The van der Waals surface area contributed by atoms with Gasteiger partial charge in [-0.1, -0.05) is 69.3 Å². The lowest BCUT2D eigenvalue weighted by molar-refractivity contribution is -0.136. The van der Waals surface area contributed by atoms with Crippen molar-refractivity contribution < 1.29 is 14.4 Å². The molecule has 1 fully saturated rings. The van der Waals surface area contributed by atoms with Crippen LogP contribution < -0.4 is 0 Å². The van der Waals surface area contributed by atoms with Gasteiger partial charge >= 0.3 is 0 Å². The monoisotopic (exact) mass is 434 g/mol. The molecule has 2 aliphatic rings. The van der Waals surface area contributed by atoms with Gasteiger partial charge in [0.25, 0.3) is 11.1 Å². The molecule has 2 aromatic rings. The standard InChI is InChI=1S/C25H26N2O3S/c1-25(2,3)20-10-8-17(9-11-20)14-21-23(29)27(24(30)31-21)16-22(28)26-13-12-18-6-4-5-7-19(18)15-26/h4-11,14H,12-13,15-16H2,1-3H3. The molecule has 1 saturated heterocycles. The van der Waals surface area contributed by atoms with E-state index in [2.05, 4.69) is 26.8 Å². The highest BCUT2D eigenvalue weighted by atomic mass is 32.2. The van der Waals surface area contributed by atoms with E-state index in [1.54, 1.807) is 11.0 Å². The van der Waals surface area contributed by atoms with Gasteiger partial charge in [-0.2, -0.15) is 0 Å². The molecule has 5 nitrogen and oxygen atoms in total. The zero-order valence-electron chi connectivity index (χ0n) is 18.1. The van der Waals surface area contributed by atoms with E-state index in [1.807, 2.05) is 42.5 Å². The van der Waals surface area contributed by atoms with Crippen LogP contribution in [0, 0.1) is 0 Å².